The van der Waals surface area contributed by atoms with Gasteiger partial charge in [0.1, 0.15) is 6.54 Å². The summed E-state index contributed by atoms with van der Waals surface area (Å²) in [6, 6.07) is 14.4. The van der Waals surface area contributed by atoms with Crippen molar-refractivity contribution in [3.8, 4) is 0 Å². The predicted molar refractivity (Wildman–Crippen MR) is 111 cm³/mol. The van der Waals surface area contributed by atoms with Gasteiger partial charge < -0.3 is 15.1 Å². The molecule has 5 heteroatoms. The average molecular weight is 374 g/mol. The summed E-state index contributed by atoms with van der Waals surface area (Å²) in [4.78, 5) is 1.97. The maximum absolute atomic E-state index is 9.15. The molecule has 0 fully saturated rings. The van der Waals surface area contributed by atoms with Gasteiger partial charge in [0.05, 0.1) is 13.2 Å². The molecule has 0 bridgehead atoms. The summed E-state index contributed by atoms with van der Waals surface area (Å²) in [6.45, 7) is 2.18. The number of benzene rings is 1. The lowest BCUT2D eigenvalue weighted by atomic mass is 10.1. The normalized spacial score (nSPS) is 11.2. The highest BCUT2D eigenvalue weighted by Crippen LogP contribution is 2.16. The predicted octanol–water partition coefficient (Wildman–Crippen LogP) is 2.65. The van der Waals surface area contributed by atoms with Gasteiger partial charge in [0, 0.05) is 43.4 Å². The molecule has 0 aliphatic heterocycles. The second-order valence-electron chi connectivity index (χ2n) is 6.11. The lowest BCUT2D eigenvalue weighted by Gasteiger charge is -2.22. The van der Waals surface area contributed by atoms with Crippen molar-refractivity contribution in [1.82, 2.24) is 0 Å². The minimum absolute atomic E-state index is 0.0723. The molecule has 26 heavy (non-hydrogen) atoms. The first-order valence-electron chi connectivity index (χ1n) is 9.12. The molecule has 140 valence electrons. The van der Waals surface area contributed by atoms with E-state index in [2.05, 4.69) is 65.9 Å². The van der Waals surface area contributed by atoms with Crippen molar-refractivity contribution in [3.05, 3.63) is 59.9 Å². The van der Waals surface area contributed by atoms with Crippen LogP contribution in [0.1, 0.15) is 24.1 Å². The molecule has 0 saturated heterocycles. The third kappa shape index (κ3) is 6.48. The highest BCUT2D eigenvalue weighted by Gasteiger charge is 2.07. The smallest absolute Gasteiger partial charge is 0.205 e. The van der Waals surface area contributed by atoms with Crippen LogP contribution in [-0.2, 0) is 6.54 Å². The molecule has 0 atom stereocenters. The summed E-state index contributed by atoms with van der Waals surface area (Å²) in [5, 5.41) is 18.3. The number of thiol groups is 1. The van der Waals surface area contributed by atoms with E-state index < -0.39 is 0 Å². The minimum atomic E-state index is 0.0723. The van der Waals surface area contributed by atoms with Crippen molar-refractivity contribution in [2.75, 3.05) is 37.0 Å². The Bertz CT molecular complexity index is 668. The van der Waals surface area contributed by atoms with Gasteiger partial charge in [-0.1, -0.05) is 12.1 Å². The van der Waals surface area contributed by atoms with Crippen molar-refractivity contribution in [2.45, 2.75) is 19.4 Å². The van der Waals surface area contributed by atoms with E-state index in [1.165, 1.54) is 5.69 Å². The Hall–Kier alpha value is -1.82. The van der Waals surface area contributed by atoms with E-state index >= 15 is 0 Å². The van der Waals surface area contributed by atoms with E-state index in [1.54, 1.807) is 0 Å². The number of aliphatic hydroxyl groups is 2. The maximum atomic E-state index is 9.15. The molecule has 1 heterocycles. The lowest BCUT2D eigenvalue weighted by Crippen LogP contribution is -2.36. The Balaban J connectivity index is 2.06. The zero-order valence-corrected chi connectivity index (χ0v) is 16.1. The average Bonchev–Trinajstić information content (AvgIpc) is 2.68. The number of rotatable bonds is 11. The number of nitrogens with zero attached hydrogens (tertiary/aromatic N) is 2. The molecule has 0 saturated carbocycles. The molecule has 0 unspecified atom stereocenters. The summed E-state index contributed by atoms with van der Waals surface area (Å²) in [5.41, 5.74) is 3.30. The summed E-state index contributed by atoms with van der Waals surface area (Å²) in [6.07, 6.45) is 8.60. The van der Waals surface area contributed by atoms with Crippen molar-refractivity contribution >= 4 is 30.5 Å². The number of hydrogen-bond donors (Lipinski definition) is 3. The number of hydrogen-bond acceptors (Lipinski definition) is 4. The maximum Gasteiger partial charge on any atom is 0.205 e. The fraction of sp³-hybridized carbons (Fsp3) is 0.381. The number of unbranched alkanes of at least 4 members (excludes halogenated alkanes) is 1. The van der Waals surface area contributed by atoms with Crippen LogP contribution in [0.2, 0.25) is 0 Å². The lowest BCUT2D eigenvalue weighted by molar-refractivity contribution is -0.699. The Kier molecular flexibility index (Phi) is 9.24. The fourth-order valence-corrected chi connectivity index (χ4v) is 3.05. The van der Waals surface area contributed by atoms with Gasteiger partial charge in [-0.15, -0.1) is 0 Å². The van der Waals surface area contributed by atoms with Gasteiger partial charge in [0.2, 0.25) is 5.69 Å². The molecule has 0 spiro atoms. The SMILES string of the molecule is OCCN(CCO)c1ccc(/C=C/c2cccc[n+]2CCCCS)cc1. The van der Waals surface area contributed by atoms with Crippen molar-refractivity contribution in [3.63, 3.8) is 0 Å². The molecule has 2 N–H and O–H groups in total. The van der Waals surface area contributed by atoms with Crippen molar-refractivity contribution in [2.24, 2.45) is 0 Å². The fourth-order valence-electron chi connectivity index (χ4n) is 2.83. The first-order chi connectivity index (χ1) is 12.8. The molecular formula is C21H29N2O2S+. The molecule has 4 nitrogen and oxygen atoms in total. The van der Waals surface area contributed by atoms with Gasteiger partial charge >= 0.3 is 0 Å². The Labute approximate surface area is 161 Å². The van der Waals surface area contributed by atoms with Crippen LogP contribution >= 0.6 is 12.6 Å². The van der Waals surface area contributed by atoms with Gasteiger partial charge in [0.15, 0.2) is 6.20 Å². The number of aryl methyl sites for hydroxylation is 1. The molecule has 0 aliphatic carbocycles. The van der Waals surface area contributed by atoms with Crippen LogP contribution in [-0.4, -0.2) is 42.3 Å². The molecular weight excluding hydrogens is 344 g/mol. The van der Waals surface area contributed by atoms with Crippen LogP contribution in [0.25, 0.3) is 12.2 Å². The minimum Gasteiger partial charge on any atom is -0.395 e. The van der Waals surface area contributed by atoms with Gasteiger partial charge in [-0.2, -0.15) is 17.2 Å². The van der Waals surface area contributed by atoms with Crippen LogP contribution in [0.5, 0.6) is 0 Å². The zero-order chi connectivity index (χ0) is 18.6. The van der Waals surface area contributed by atoms with E-state index in [-0.39, 0.29) is 13.2 Å². The van der Waals surface area contributed by atoms with E-state index in [1.807, 2.05) is 17.0 Å². The number of pyridine rings is 1. The van der Waals surface area contributed by atoms with Crippen molar-refractivity contribution < 1.29 is 14.8 Å². The molecule has 1 aromatic carbocycles. The number of aromatic nitrogens is 1. The number of aliphatic hydroxyl groups excluding tert-OH is 2. The molecule has 1 aromatic heterocycles. The van der Waals surface area contributed by atoms with Crippen LogP contribution < -0.4 is 9.47 Å². The van der Waals surface area contributed by atoms with E-state index in [0.717, 1.165) is 36.4 Å². The standard InChI is InChI=1S/C21H28N2O2S/c24-16-14-23(15-17-25)21-10-7-19(8-11-21)6-9-20-5-1-2-12-22(20)13-3-4-18-26/h1-2,5-12,24-25H,3-4,13-18H2/p+1. The van der Waals surface area contributed by atoms with Gasteiger partial charge in [-0.05, 0) is 42.0 Å². The third-order valence-electron chi connectivity index (χ3n) is 4.23. The Morgan fingerprint density at radius 2 is 1.65 bits per heavy atom. The molecule has 0 radical (unpaired) electrons. The first-order valence-corrected chi connectivity index (χ1v) is 9.76. The second kappa shape index (κ2) is 11.7. The molecule has 2 rings (SSSR count). The van der Waals surface area contributed by atoms with Crippen LogP contribution in [0.4, 0.5) is 5.69 Å². The van der Waals surface area contributed by atoms with E-state index in [0.29, 0.717) is 13.1 Å². The van der Waals surface area contributed by atoms with Crippen LogP contribution in [0, 0.1) is 0 Å². The Morgan fingerprint density at radius 3 is 2.31 bits per heavy atom. The summed E-state index contributed by atoms with van der Waals surface area (Å²) in [5.74, 6) is 0.925. The largest absolute Gasteiger partial charge is 0.395 e. The quantitative estimate of drug-likeness (QED) is 0.322. The summed E-state index contributed by atoms with van der Waals surface area (Å²) >= 11 is 4.28. The monoisotopic (exact) mass is 373 g/mol. The summed E-state index contributed by atoms with van der Waals surface area (Å²) in [7, 11) is 0. The van der Waals surface area contributed by atoms with Gasteiger partial charge in [-0.3, -0.25) is 0 Å². The topological polar surface area (TPSA) is 47.6 Å². The van der Waals surface area contributed by atoms with Crippen LogP contribution in [0.3, 0.4) is 0 Å². The molecule has 0 aliphatic rings. The van der Waals surface area contributed by atoms with E-state index in [9.17, 15) is 0 Å². The van der Waals surface area contributed by atoms with Gasteiger partial charge in [0.25, 0.3) is 0 Å². The number of anilines is 1. The van der Waals surface area contributed by atoms with Crippen molar-refractivity contribution in [1.29, 1.82) is 0 Å². The highest BCUT2D eigenvalue weighted by atomic mass is 32.1. The molecule has 2 aromatic rings. The Morgan fingerprint density at radius 1 is 0.923 bits per heavy atom. The first kappa shape index (κ1) is 20.5. The highest BCUT2D eigenvalue weighted by molar-refractivity contribution is 7.80. The van der Waals surface area contributed by atoms with Crippen LogP contribution in [0.15, 0.2) is 48.7 Å². The van der Waals surface area contributed by atoms with Gasteiger partial charge in [-0.25, -0.2) is 0 Å². The van der Waals surface area contributed by atoms with E-state index in [4.69, 9.17) is 10.2 Å². The second-order valence-corrected chi connectivity index (χ2v) is 6.56. The summed E-state index contributed by atoms with van der Waals surface area (Å²) < 4.78 is 2.26. The zero-order valence-electron chi connectivity index (χ0n) is 15.2. The molecule has 0 amide bonds. The third-order valence-corrected chi connectivity index (χ3v) is 4.54.